The number of carbonyl (C=O) groups excluding carboxylic acids is 1. The number of likely N-dealkylation sites (tertiary alicyclic amines) is 1. The monoisotopic (exact) mass is 299 g/mol. The molecule has 1 aliphatic rings. The zero-order valence-electron chi connectivity index (χ0n) is 13.3. The summed E-state index contributed by atoms with van der Waals surface area (Å²) < 4.78 is 0. The van der Waals surface area contributed by atoms with E-state index in [9.17, 15) is 4.79 Å². The van der Waals surface area contributed by atoms with Crippen LogP contribution in [0.1, 0.15) is 42.8 Å². The second-order valence-electron chi connectivity index (χ2n) is 5.94. The second-order valence-corrected chi connectivity index (χ2v) is 5.94. The number of hydrogen-bond acceptors (Lipinski definition) is 4. The van der Waals surface area contributed by atoms with E-state index < -0.39 is 0 Å². The predicted octanol–water partition coefficient (Wildman–Crippen LogP) is 2.21. The van der Waals surface area contributed by atoms with Gasteiger partial charge in [-0.2, -0.15) is 5.10 Å². The van der Waals surface area contributed by atoms with E-state index in [2.05, 4.69) is 15.2 Å². The summed E-state index contributed by atoms with van der Waals surface area (Å²) >= 11 is 0. The van der Waals surface area contributed by atoms with E-state index in [1.165, 1.54) is 0 Å². The van der Waals surface area contributed by atoms with Crippen LogP contribution in [-0.4, -0.2) is 44.1 Å². The topological polar surface area (TPSA) is 74.8 Å². The van der Waals surface area contributed by atoms with Gasteiger partial charge >= 0.3 is 0 Å². The van der Waals surface area contributed by atoms with Crippen molar-refractivity contribution in [2.75, 3.05) is 13.1 Å². The van der Waals surface area contributed by atoms with Crippen molar-refractivity contribution in [1.29, 1.82) is 0 Å². The van der Waals surface area contributed by atoms with Gasteiger partial charge in [-0.25, -0.2) is 4.98 Å². The zero-order chi connectivity index (χ0) is 15.7. The van der Waals surface area contributed by atoms with Gasteiger partial charge in [0.05, 0.1) is 23.3 Å². The van der Waals surface area contributed by atoms with Gasteiger partial charge in [0.15, 0.2) is 0 Å². The molecule has 6 nitrogen and oxygen atoms in total. The second kappa shape index (κ2) is 5.87. The Balaban J connectivity index is 1.90. The maximum atomic E-state index is 11.6. The summed E-state index contributed by atoms with van der Waals surface area (Å²) in [4.78, 5) is 22.7. The molecule has 0 spiro atoms. The van der Waals surface area contributed by atoms with Gasteiger partial charge in [-0.15, -0.1) is 0 Å². The van der Waals surface area contributed by atoms with Crippen molar-refractivity contribution >= 4 is 5.91 Å². The summed E-state index contributed by atoms with van der Waals surface area (Å²) in [5.74, 6) is 0.396. The number of amides is 1. The number of hydrogen-bond donors (Lipinski definition) is 1. The third-order valence-electron chi connectivity index (χ3n) is 4.32. The molecular weight excluding hydrogens is 278 g/mol. The van der Waals surface area contributed by atoms with Gasteiger partial charge in [-0.05, 0) is 26.7 Å². The summed E-state index contributed by atoms with van der Waals surface area (Å²) in [6.07, 6.45) is 5.66. The molecule has 0 aliphatic carbocycles. The third-order valence-corrected chi connectivity index (χ3v) is 4.32. The minimum absolute atomic E-state index is 0.135. The Hall–Kier alpha value is -2.24. The molecular formula is C16H21N5O. The molecule has 6 heteroatoms. The Morgan fingerprint density at radius 2 is 2.18 bits per heavy atom. The highest BCUT2D eigenvalue weighted by Gasteiger charge is 2.24. The van der Waals surface area contributed by atoms with E-state index in [1.807, 2.05) is 24.9 Å². The first-order valence-electron chi connectivity index (χ1n) is 7.65. The van der Waals surface area contributed by atoms with Crippen molar-refractivity contribution in [3.63, 3.8) is 0 Å². The lowest BCUT2D eigenvalue weighted by atomic mass is 9.94. The number of aromatic amines is 1. The first-order valence-corrected chi connectivity index (χ1v) is 7.65. The van der Waals surface area contributed by atoms with Crippen molar-refractivity contribution in [2.45, 2.75) is 39.5 Å². The third kappa shape index (κ3) is 2.73. The van der Waals surface area contributed by atoms with Gasteiger partial charge in [0.2, 0.25) is 5.91 Å². The number of piperidine rings is 1. The smallest absolute Gasteiger partial charge is 0.219 e. The Labute approximate surface area is 130 Å². The number of rotatable bonds is 2. The summed E-state index contributed by atoms with van der Waals surface area (Å²) in [6, 6.07) is 0. The molecule has 2 aromatic heterocycles. The van der Waals surface area contributed by atoms with Gasteiger partial charge in [0.1, 0.15) is 0 Å². The van der Waals surface area contributed by atoms with E-state index in [1.54, 1.807) is 13.1 Å². The maximum Gasteiger partial charge on any atom is 0.219 e. The Morgan fingerprint density at radius 1 is 1.36 bits per heavy atom. The van der Waals surface area contributed by atoms with Crippen molar-refractivity contribution in [3.8, 4) is 11.3 Å². The SMILES string of the molecule is CC(=O)N1CCC[C@H](c2cncc(-c3c(C)n[nH]c3C)n2)C1. The fourth-order valence-electron chi connectivity index (χ4n) is 3.13. The maximum absolute atomic E-state index is 11.6. The summed E-state index contributed by atoms with van der Waals surface area (Å²) in [6.45, 7) is 7.16. The number of nitrogens with zero attached hydrogens (tertiary/aromatic N) is 4. The highest BCUT2D eigenvalue weighted by molar-refractivity contribution is 5.73. The van der Waals surface area contributed by atoms with E-state index in [-0.39, 0.29) is 11.8 Å². The van der Waals surface area contributed by atoms with E-state index in [0.717, 1.165) is 54.3 Å². The first-order chi connectivity index (χ1) is 10.6. The zero-order valence-corrected chi connectivity index (χ0v) is 13.3. The van der Waals surface area contributed by atoms with Gasteiger partial charge in [0, 0.05) is 43.4 Å². The number of nitrogens with one attached hydrogen (secondary N) is 1. The van der Waals surface area contributed by atoms with Crippen LogP contribution in [0.4, 0.5) is 0 Å². The average molecular weight is 299 g/mol. The molecule has 0 unspecified atom stereocenters. The van der Waals surface area contributed by atoms with Crippen LogP contribution < -0.4 is 0 Å². The van der Waals surface area contributed by atoms with Crippen LogP contribution in [0.3, 0.4) is 0 Å². The van der Waals surface area contributed by atoms with Crippen LogP contribution in [-0.2, 0) is 4.79 Å². The molecule has 0 bridgehead atoms. The van der Waals surface area contributed by atoms with Gasteiger partial charge in [0.25, 0.3) is 0 Å². The minimum atomic E-state index is 0.135. The van der Waals surface area contributed by atoms with Crippen LogP contribution in [0.15, 0.2) is 12.4 Å². The summed E-state index contributed by atoms with van der Waals surface area (Å²) in [7, 11) is 0. The van der Waals surface area contributed by atoms with E-state index in [4.69, 9.17) is 4.98 Å². The highest BCUT2D eigenvalue weighted by Crippen LogP contribution is 2.28. The molecule has 0 radical (unpaired) electrons. The molecule has 1 saturated heterocycles. The van der Waals surface area contributed by atoms with Crippen LogP contribution in [0.5, 0.6) is 0 Å². The van der Waals surface area contributed by atoms with Crippen LogP contribution in [0, 0.1) is 13.8 Å². The van der Waals surface area contributed by atoms with Gasteiger partial charge < -0.3 is 4.90 Å². The van der Waals surface area contributed by atoms with E-state index in [0.29, 0.717) is 0 Å². The lowest BCUT2D eigenvalue weighted by Gasteiger charge is -2.31. The molecule has 1 N–H and O–H groups in total. The van der Waals surface area contributed by atoms with E-state index >= 15 is 0 Å². The van der Waals surface area contributed by atoms with Gasteiger partial charge in [-0.3, -0.25) is 14.9 Å². The molecule has 22 heavy (non-hydrogen) atoms. The van der Waals surface area contributed by atoms with Crippen LogP contribution in [0.25, 0.3) is 11.3 Å². The molecule has 0 saturated carbocycles. The Kier molecular flexibility index (Phi) is 3.92. The normalized spacial score (nSPS) is 18.5. The van der Waals surface area contributed by atoms with Crippen LogP contribution >= 0.6 is 0 Å². The molecule has 2 aromatic rings. The van der Waals surface area contributed by atoms with Gasteiger partial charge in [-0.1, -0.05) is 0 Å². The van der Waals surface area contributed by atoms with Crippen molar-refractivity contribution in [3.05, 3.63) is 29.5 Å². The molecule has 1 amide bonds. The molecule has 1 fully saturated rings. The Bertz CT molecular complexity index is 674. The summed E-state index contributed by atoms with van der Waals surface area (Å²) in [5.41, 5.74) is 4.76. The lowest BCUT2D eigenvalue weighted by molar-refractivity contribution is -0.130. The fraction of sp³-hybridized carbons (Fsp3) is 0.500. The Morgan fingerprint density at radius 3 is 2.86 bits per heavy atom. The quantitative estimate of drug-likeness (QED) is 0.922. The average Bonchev–Trinajstić information content (AvgIpc) is 2.86. The van der Waals surface area contributed by atoms with Crippen molar-refractivity contribution in [1.82, 2.24) is 25.1 Å². The highest BCUT2D eigenvalue weighted by atomic mass is 16.2. The number of aryl methyl sites for hydroxylation is 2. The number of H-pyrrole nitrogens is 1. The molecule has 0 aromatic carbocycles. The molecule has 1 atom stereocenters. The number of carbonyl (C=O) groups is 1. The molecule has 116 valence electrons. The molecule has 3 heterocycles. The predicted molar refractivity (Wildman–Crippen MR) is 83.3 cm³/mol. The lowest BCUT2D eigenvalue weighted by Crippen LogP contribution is -2.37. The van der Waals surface area contributed by atoms with Crippen molar-refractivity contribution < 1.29 is 4.79 Å². The summed E-state index contributed by atoms with van der Waals surface area (Å²) in [5, 5.41) is 7.21. The van der Waals surface area contributed by atoms with Crippen LogP contribution in [0.2, 0.25) is 0 Å². The standard InChI is InChI=1S/C16H21N5O/c1-10-16(11(2)20-19-10)15-8-17-7-14(18-15)13-5-4-6-21(9-13)12(3)22/h7-8,13H,4-6,9H2,1-3H3,(H,19,20)/t13-/m0/s1. The fourth-order valence-corrected chi connectivity index (χ4v) is 3.13. The first kappa shape index (κ1) is 14.7. The van der Waals surface area contributed by atoms with Crippen molar-refractivity contribution in [2.24, 2.45) is 0 Å². The molecule has 3 rings (SSSR count). The number of aromatic nitrogens is 4. The largest absolute Gasteiger partial charge is 0.342 e. The minimum Gasteiger partial charge on any atom is -0.342 e. The molecule has 1 aliphatic heterocycles.